The normalized spacial score (nSPS) is 26.9. The van der Waals surface area contributed by atoms with Crippen LogP contribution in [0.15, 0.2) is 0 Å². The van der Waals surface area contributed by atoms with Gasteiger partial charge in [-0.05, 0) is 12.8 Å². The van der Waals surface area contributed by atoms with Crippen LogP contribution < -0.4 is 9.80 Å². The summed E-state index contributed by atoms with van der Waals surface area (Å²) in [6.45, 7) is 3.46. The van der Waals surface area contributed by atoms with Crippen LogP contribution in [0.1, 0.15) is 26.2 Å². The van der Waals surface area contributed by atoms with Crippen LogP contribution in [-0.2, 0) is 0 Å². The molecule has 1 fully saturated rings. The molecule has 0 aromatic carbocycles. The smallest absolute Gasteiger partial charge is 0.238 e. The number of hydrogen-bond donors (Lipinski definition) is 2. The Kier molecular flexibility index (Phi) is 4.82. The Labute approximate surface area is 124 Å². The van der Waals surface area contributed by atoms with E-state index in [2.05, 4.69) is 21.2 Å². The quantitative estimate of drug-likeness (QED) is 0.844. The van der Waals surface area contributed by atoms with Crippen molar-refractivity contribution in [3.8, 4) is 0 Å². The predicted molar refractivity (Wildman–Crippen MR) is 81.5 cm³/mol. The van der Waals surface area contributed by atoms with E-state index in [-0.39, 0.29) is 12.0 Å². The van der Waals surface area contributed by atoms with Crippen molar-refractivity contribution in [3.05, 3.63) is 0 Å². The van der Waals surface area contributed by atoms with Crippen molar-refractivity contribution in [2.45, 2.75) is 32.3 Å². The molecule has 2 rings (SSSR count). The van der Waals surface area contributed by atoms with E-state index in [1.54, 1.807) is 0 Å². The maximum atomic E-state index is 10.4. The summed E-state index contributed by atoms with van der Waals surface area (Å²) < 4.78 is 4.29. The number of hydrogen-bond acceptors (Lipinski definition) is 7. The van der Waals surface area contributed by atoms with Crippen molar-refractivity contribution >= 4 is 22.6 Å². The van der Waals surface area contributed by atoms with Gasteiger partial charge in [0.25, 0.3) is 0 Å². The van der Waals surface area contributed by atoms with Gasteiger partial charge >= 0.3 is 0 Å². The van der Waals surface area contributed by atoms with Gasteiger partial charge in [-0.25, -0.2) is 0 Å². The van der Waals surface area contributed by atoms with E-state index < -0.39 is 6.10 Å². The zero-order chi connectivity index (χ0) is 14.8. The first-order valence-corrected chi connectivity index (χ1v) is 7.84. The van der Waals surface area contributed by atoms with Gasteiger partial charge in [0.05, 0.1) is 12.7 Å². The standard InChI is InChI=1S/C13H24N4O2S/c1-4-5-13(9-18)6-7-17(8-10(13)19)12-14-11(15-20-12)16(2)3/h10,18-19H,4-9H2,1-3H3/t10-,13+/m0/s1. The summed E-state index contributed by atoms with van der Waals surface area (Å²) in [5.41, 5.74) is -0.347. The van der Waals surface area contributed by atoms with Crippen LogP contribution in [0.4, 0.5) is 11.1 Å². The third kappa shape index (κ3) is 2.89. The maximum absolute atomic E-state index is 10.4. The van der Waals surface area contributed by atoms with Crippen molar-refractivity contribution in [1.29, 1.82) is 0 Å². The monoisotopic (exact) mass is 300 g/mol. The molecule has 6 nitrogen and oxygen atoms in total. The molecule has 2 heterocycles. The van der Waals surface area contributed by atoms with Gasteiger partial charge in [-0.3, -0.25) is 0 Å². The van der Waals surface area contributed by atoms with Crippen LogP contribution >= 0.6 is 11.5 Å². The fourth-order valence-corrected chi connectivity index (χ4v) is 3.53. The van der Waals surface area contributed by atoms with Crippen molar-refractivity contribution in [3.63, 3.8) is 0 Å². The highest BCUT2D eigenvalue weighted by Gasteiger charge is 2.41. The van der Waals surface area contributed by atoms with E-state index in [4.69, 9.17) is 0 Å². The molecule has 0 bridgehead atoms. The first-order valence-electron chi connectivity index (χ1n) is 7.07. The zero-order valence-electron chi connectivity index (χ0n) is 12.4. The molecular weight excluding hydrogens is 276 g/mol. The number of piperidine rings is 1. The molecule has 114 valence electrons. The highest BCUT2D eigenvalue weighted by molar-refractivity contribution is 7.09. The second-order valence-electron chi connectivity index (χ2n) is 5.75. The highest BCUT2D eigenvalue weighted by atomic mass is 32.1. The van der Waals surface area contributed by atoms with E-state index in [1.807, 2.05) is 19.0 Å². The van der Waals surface area contributed by atoms with E-state index in [9.17, 15) is 10.2 Å². The number of aliphatic hydroxyl groups excluding tert-OH is 2. The molecule has 1 aliphatic rings. The molecule has 0 aliphatic carbocycles. The summed E-state index contributed by atoms with van der Waals surface area (Å²) >= 11 is 1.36. The molecule has 1 saturated heterocycles. The van der Waals surface area contributed by atoms with Gasteiger partial charge in [-0.15, -0.1) is 0 Å². The summed E-state index contributed by atoms with van der Waals surface area (Å²) in [5, 5.41) is 21.0. The third-order valence-corrected chi connectivity index (χ3v) is 4.89. The number of rotatable bonds is 5. The third-order valence-electron chi connectivity index (χ3n) is 4.12. The Morgan fingerprint density at radius 1 is 1.50 bits per heavy atom. The number of β-amino-alcohol motifs (C(OH)–C–C–N with tert-alkyl or cyclic N) is 1. The molecule has 20 heavy (non-hydrogen) atoms. The predicted octanol–water partition coefficient (Wildman–Crippen LogP) is 0.954. The van der Waals surface area contributed by atoms with Crippen LogP contribution in [0.5, 0.6) is 0 Å². The largest absolute Gasteiger partial charge is 0.396 e. The number of anilines is 2. The Balaban J connectivity index is 2.07. The van der Waals surface area contributed by atoms with E-state index >= 15 is 0 Å². The van der Waals surface area contributed by atoms with E-state index in [0.29, 0.717) is 12.5 Å². The van der Waals surface area contributed by atoms with E-state index in [1.165, 1.54) is 11.5 Å². The van der Waals surface area contributed by atoms with Crippen molar-refractivity contribution < 1.29 is 10.2 Å². The first-order chi connectivity index (χ1) is 9.52. The molecule has 1 aromatic rings. The average Bonchev–Trinajstić information content (AvgIpc) is 2.91. The van der Waals surface area contributed by atoms with Gasteiger partial charge in [0.2, 0.25) is 11.1 Å². The van der Waals surface area contributed by atoms with Crippen LogP contribution in [0.3, 0.4) is 0 Å². The van der Waals surface area contributed by atoms with Gasteiger partial charge in [-0.1, -0.05) is 13.3 Å². The highest BCUT2D eigenvalue weighted by Crippen LogP contribution is 2.38. The molecule has 0 radical (unpaired) electrons. The van der Waals surface area contributed by atoms with Crippen molar-refractivity contribution in [2.24, 2.45) is 5.41 Å². The minimum absolute atomic E-state index is 0.0505. The molecule has 1 aromatic heterocycles. The van der Waals surface area contributed by atoms with Gasteiger partial charge in [0.15, 0.2) is 0 Å². The minimum atomic E-state index is -0.520. The Hall–Kier alpha value is -0.920. The van der Waals surface area contributed by atoms with Crippen molar-refractivity contribution in [2.75, 3.05) is 43.6 Å². The van der Waals surface area contributed by atoms with Gasteiger partial charge < -0.3 is 20.0 Å². The molecular formula is C13H24N4O2S. The zero-order valence-corrected chi connectivity index (χ0v) is 13.2. The van der Waals surface area contributed by atoms with Gasteiger partial charge in [-0.2, -0.15) is 9.36 Å². The van der Waals surface area contributed by atoms with Gasteiger partial charge in [0.1, 0.15) is 0 Å². The SMILES string of the molecule is CCC[C@]1(CO)CCN(c2nc(N(C)C)ns2)C[C@@H]1O. The van der Waals surface area contributed by atoms with Crippen molar-refractivity contribution in [1.82, 2.24) is 9.36 Å². The summed E-state index contributed by atoms with van der Waals surface area (Å²) in [5.74, 6) is 0.701. The average molecular weight is 300 g/mol. The Bertz CT molecular complexity index is 440. The first kappa shape index (κ1) is 15.5. The minimum Gasteiger partial charge on any atom is -0.396 e. The molecule has 0 amide bonds. The molecule has 1 aliphatic heterocycles. The summed E-state index contributed by atoms with van der Waals surface area (Å²) in [6, 6.07) is 0. The topological polar surface area (TPSA) is 72.7 Å². The van der Waals surface area contributed by atoms with Crippen LogP contribution in [-0.4, -0.2) is 59.5 Å². The lowest BCUT2D eigenvalue weighted by Crippen LogP contribution is -2.52. The second kappa shape index (κ2) is 6.24. The van der Waals surface area contributed by atoms with Crippen LogP contribution in [0, 0.1) is 5.41 Å². The number of aromatic nitrogens is 2. The Morgan fingerprint density at radius 2 is 2.25 bits per heavy atom. The summed E-state index contributed by atoms with van der Waals surface area (Å²) in [4.78, 5) is 8.41. The lowest BCUT2D eigenvalue weighted by atomic mass is 9.73. The number of nitrogens with zero attached hydrogens (tertiary/aromatic N) is 4. The van der Waals surface area contributed by atoms with Crippen LogP contribution in [0.25, 0.3) is 0 Å². The van der Waals surface area contributed by atoms with Crippen LogP contribution in [0.2, 0.25) is 0 Å². The summed E-state index contributed by atoms with van der Waals surface area (Å²) in [7, 11) is 3.82. The Morgan fingerprint density at radius 3 is 2.75 bits per heavy atom. The maximum Gasteiger partial charge on any atom is 0.238 e. The molecule has 2 atom stereocenters. The fraction of sp³-hybridized carbons (Fsp3) is 0.846. The molecule has 2 N–H and O–H groups in total. The molecule has 0 spiro atoms. The summed E-state index contributed by atoms with van der Waals surface area (Å²) in [6.07, 6.45) is 2.10. The molecule has 0 unspecified atom stereocenters. The van der Waals surface area contributed by atoms with Gasteiger partial charge in [0, 0.05) is 44.1 Å². The van der Waals surface area contributed by atoms with E-state index in [0.717, 1.165) is 30.9 Å². The molecule has 0 saturated carbocycles. The lowest BCUT2D eigenvalue weighted by Gasteiger charge is -2.44. The number of aliphatic hydroxyl groups is 2. The lowest BCUT2D eigenvalue weighted by molar-refractivity contribution is -0.0370. The second-order valence-corrected chi connectivity index (χ2v) is 6.48. The fourth-order valence-electron chi connectivity index (χ4n) is 2.76. The molecule has 7 heteroatoms.